The molecule has 0 unspecified atom stereocenters. The van der Waals surface area contributed by atoms with E-state index in [-0.39, 0.29) is 17.1 Å². The number of carbonyl (C=O) groups excluding carboxylic acids is 1. The molecule has 0 aliphatic rings. The van der Waals surface area contributed by atoms with E-state index in [1.165, 1.54) is 30.3 Å². The number of nitrogens with two attached hydrogens (primary N) is 1. The summed E-state index contributed by atoms with van der Waals surface area (Å²) in [6.07, 6.45) is 0. The number of benzene rings is 2. The van der Waals surface area contributed by atoms with Gasteiger partial charge in [-0.05, 0) is 47.5 Å². The van der Waals surface area contributed by atoms with Gasteiger partial charge < -0.3 is 15.9 Å². The lowest BCUT2D eigenvalue weighted by molar-refractivity contribution is 0.108. The molecular formula is C14H13ClFNO3. The molecule has 0 bridgehead atoms. The van der Waals surface area contributed by atoms with Crippen LogP contribution in [0.3, 0.4) is 0 Å². The minimum Gasteiger partial charge on any atom is -0.504 e. The van der Waals surface area contributed by atoms with Crippen LogP contribution in [0, 0.1) is 5.82 Å². The van der Waals surface area contributed by atoms with Crippen LogP contribution in [0.5, 0.6) is 11.5 Å². The maximum Gasteiger partial charge on any atom is 0.252 e. The van der Waals surface area contributed by atoms with Gasteiger partial charge in [-0.3, -0.25) is 4.79 Å². The molecule has 4 nitrogen and oxygen atoms in total. The molecule has 0 spiro atoms. The Morgan fingerprint density at radius 3 is 2.30 bits per heavy atom. The van der Waals surface area contributed by atoms with E-state index >= 15 is 0 Å². The molecule has 0 fully saturated rings. The normalized spacial score (nSPS) is 9.55. The maximum atomic E-state index is 12.3. The van der Waals surface area contributed by atoms with E-state index in [9.17, 15) is 9.18 Å². The zero-order chi connectivity index (χ0) is 15.1. The summed E-state index contributed by atoms with van der Waals surface area (Å²) in [5.74, 6) is -0.688. The Hall–Kier alpha value is -2.11. The third-order valence-corrected chi connectivity index (χ3v) is 2.55. The number of phenolic OH excluding ortho intramolecular Hbond substituents is 2. The summed E-state index contributed by atoms with van der Waals surface area (Å²) >= 11 is 5.07. The average molecular weight is 298 g/mol. The third kappa shape index (κ3) is 4.87. The van der Waals surface area contributed by atoms with Gasteiger partial charge in [0, 0.05) is 12.1 Å². The van der Waals surface area contributed by atoms with E-state index in [0.29, 0.717) is 6.54 Å². The van der Waals surface area contributed by atoms with Crippen molar-refractivity contribution in [2.45, 2.75) is 6.54 Å². The number of phenols is 2. The molecule has 2 rings (SSSR count). The van der Waals surface area contributed by atoms with E-state index < -0.39 is 11.1 Å². The Morgan fingerprint density at radius 1 is 1.15 bits per heavy atom. The van der Waals surface area contributed by atoms with Gasteiger partial charge in [-0.2, -0.15) is 0 Å². The molecule has 20 heavy (non-hydrogen) atoms. The maximum absolute atomic E-state index is 12.3. The van der Waals surface area contributed by atoms with Crippen molar-refractivity contribution in [3.63, 3.8) is 0 Å². The number of rotatable bonds is 2. The molecule has 0 aromatic heterocycles. The summed E-state index contributed by atoms with van der Waals surface area (Å²) in [4.78, 5) is 10.4. The highest BCUT2D eigenvalue weighted by Gasteiger charge is 2.00. The number of aromatic hydroxyl groups is 2. The lowest BCUT2D eigenvalue weighted by Crippen LogP contribution is -1.94. The molecule has 0 radical (unpaired) electrons. The van der Waals surface area contributed by atoms with Crippen LogP contribution >= 0.6 is 11.6 Å². The molecule has 0 amide bonds. The van der Waals surface area contributed by atoms with Crippen LogP contribution in [0.4, 0.5) is 4.39 Å². The van der Waals surface area contributed by atoms with Gasteiger partial charge in [0.15, 0.2) is 11.5 Å². The van der Waals surface area contributed by atoms with Crippen LogP contribution in [0.15, 0.2) is 42.5 Å². The van der Waals surface area contributed by atoms with Gasteiger partial charge >= 0.3 is 0 Å². The summed E-state index contributed by atoms with van der Waals surface area (Å²) in [6, 6.07) is 9.75. The minimum atomic E-state index is -0.639. The molecule has 0 aliphatic heterocycles. The highest BCUT2D eigenvalue weighted by atomic mass is 35.5. The molecule has 2 aromatic carbocycles. The fourth-order valence-corrected chi connectivity index (χ4v) is 1.42. The topological polar surface area (TPSA) is 83.6 Å². The molecule has 0 aliphatic carbocycles. The van der Waals surface area contributed by atoms with Crippen molar-refractivity contribution < 1.29 is 19.4 Å². The first-order valence-corrected chi connectivity index (χ1v) is 5.98. The standard InChI is InChI=1S/C7H4ClFO.C7H9NO2/c8-7(10)5-2-1-3-6(9)4-5;8-4-5-1-2-6(9)7(10)3-5/h1-4H;1-3,9-10H,4,8H2. The first-order valence-electron chi connectivity index (χ1n) is 5.60. The Morgan fingerprint density at radius 2 is 1.85 bits per heavy atom. The van der Waals surface area contributed by atoms with E-state index in [0.717, 1.165) is 11.6 Å². The fourth-order valence-electron chi connectivity index (χ4n) is 1.31. The second-order valence-corrected chi connectivity index (χ2v) is 4.15. The number of hydrogen-bond donors (Lipinski definition) is 3. The van der Waals surface area contributed by atoms with Crippen molar-refractivity contribution in [3.8, 4) is 11.5 Å². The lowest BCUT2D eigenvalue weighted by atomic mass is 10.2. The van der Waals surface area contributed by atoms with Gasteiger partial charge in [0.1, 0.15) is 5.82 Å². The molecule has 0 heterocycles. The van der Waals surface area contributed by atoms with Crippen LogP contribution in [0.2, 0.25) is 0 Å². The van der Waals surface area contributed by atoms with Crippen molar-refractivity contribution in [2.75, 3.05) is 0 Å². The minimum absolute atomic E-state index is 0.114. The number of carbonyl (C=O) groups is 1. The number of hydrogen-bond acceptors (Lipinski definition) is 4. The molecular weight excluding hydrogens is 285 g/mol. The number of halogens is 2. The molecule has 4 N–H and O–H groups in total. The summed E-state index contributed by atoms with van der Waals surface area (Å²) in [5.41, 5.74) is 6.26. The van der Waals surface area contributed by atoms with E-state index in [1.807, 2.05) is 0 Å². The quantitative estimate of drug-likeness (QED) is 0.588. The highest BCUT2D eigenvalue weighted by molar-refractivity contribution is 6.67. The van der Waals surface area contributed by atoms with Gasteiger partial charge in [0.05, 0.1) is 0 Å². The smallest absolute Gasteiger partial charge is 0.252 e. The predicted octanol–water partition coefficient (Wildman–Crippen LogP) is 2.76. The Labute approximate surface area is 120 Å². The Kier molecular flexibility index (Phi) is 5.96. The van der Waals surface area contributed by atoms with Crippen molar-refractivity contribution in [1.82, 2.24) is 0 Å². The Balaban J connectivity index is 0.000000200. The van der Waals surface area contributed by atoms with Crippen LogP contribution in [0.1, 0.15) is 15.9 Å². The lowest BCUT2D eigenvalue weighted by Gasteiger charge is -1.98. The van der Waals surface area contributed by atoms with Crippen LogP contribution < -0.4 is 5.73 Å². The molecule has 106 valence electrons. The zero-order valence-corrected chi connectivity index (χ0v) is 11.1. The van der Waals surface area contributed by atoms with Gasteiger partial charge in [-0.1, -0.05) is 12.1 Å². The second-order valence-electron chi connectivity index (χ2n) is 3.81. The molecule has 2 aromatic rings. The first-order chi connectivity index (χ1) is 9.43. The highest BCUT2D eigenvalue weighted by Crippen LogP contribution is 2.24. The molecule has 0 atom stereocenters. The average Bonchev–Trinajstić information content (AvgIpc) is 2.42. The van der Waals surface area contributed by atoms with Crippen LogP contribution in [-0.4, -0.2) is 15.5 Å². The van der Waals surface area contributed by atoms with Gasteiger partial charge in [0.2, 0.25) is 0 Å². The molecule has 0 saturated heterocycles. The van der Waals surface area contributed by atoms with Crippen LogP contribution in [-0.2, 0) is 6.54 Å². The van der Waals surface area contributed by atoms with Crippen molar-refractivity contribution in [3.05, 3.63) is 59.4 Å². The Bertz CT molecular complexity index is 605. The van der Waals surface area contributed by atoms with E-state index in [1.54, 1.807) is 6.07 Å². The SMILES string of the molecule is NCc1ccc(O)c(O)c1.O=C(Cl)c1cccc(F)c1. The van der Waals surface area contributed by atoms with Gasteiger partial charge in [0.25, 0.3) is 5.24 Å². The monoisotopic (exact) mass is 297 g/mol. The largest absolute Gasteiger partial charge is 0.504 e. The van der Waals surface area contributed by atoms with Gasteiger partial charge in [-0.25, -0.2) is 4.39 Å². The third-order valence-electron chi connectivity index (χ3n) is 2.33. The molecule has 0 saturated carbocycles. The van der Waals surface area contributed by atoms with E-state index in [4.69, 9.17) is 27.5 Å². The fraction of sp³-hybridized carbons (Fsp3) is 0.0714. The van der Waals surface area contributed by atoms with Crippen molar-refractivity contribution in [1.29, 1.82) is 0 Å². The summed E-state index contributed by atoms with van der Waals surface area (Å²) in [6.45, 7) is 0.369. The van der Waals surface area contributed by atoms with Crippen molar-refractivity contribution in [2.24, 2.45) is 5.73 Å². The molecule has 6 heteroatoms. The summed E-state index contributed by atoms with van der Waals surface area (Å²) < 4.78 is 12.3. The van der Waals surface area contributed by atoms with Gasteiger partial charge in [-0.15, -0.1) is 0 Å². The van der Waals surface area contributed by atoms with Crippen molar-refractivity contribution >= 4 is 16.8 Å². The first kappa shape index (κ1) is 15.9. The summed E-state index contributed by atoms with van der Waals surface area (Å²) in [7, 11) is 0. The zero-order valence-electron chi connectivity index (χ0n) is 10.4. The summed E-state index contributed by atoms with van der Waals surface area (Å²) in [5, 5.41) is 17.1. The van der Waals surface area contributed by atoms with Crippen LogP contribution in [0.25, 0.3) is 0 Å². The van der Waals surface area contributed by atoms with E-state index in [2.05, 4.69) is 0 Å². The second kappa shape index (κ2) is 7.47. The predicted molar refractivity (Wildman–Crippen MR) is 74.2 cm³/mol.